The van der Waals surface area contributed by atoms with Crippen molar-refractivity contribution in [3.8, 4) is 0 Å². The molecule has 3 aromatic carbocycles. The average molecular weight is 601 g/mol. The van der Waals surface area contributed by atoms with E-state index in [1.807, 2.05) is 48.5 Å². The van der Waals surface area contributed by atoms with Crippen molar-refractivity contribution >= 4 is 46.6 Å². The van der Waals surface area contributed by atoms with Crippen LogP contribution in [0.15, 0.2) is 72.8 Å². The van der Waals surface area contributed by atoms with Gasteiger partial charge in [-0.3, -0.25) is 19.3 Å². The fraction of sp³-hybridized carbons (Fsp3) is 0.323. The van der Waals surface area contributed by atoms with E-state index < -0.39 is 39.2 Å². The molecule has 0 unspecified atom stereocenters. The van der Waals surface area contributed by atoms with Crippen molar-refractivity contribution in [1.82, 2.24) is 4.90 Å². The summed E-state index contributed by atoms with van der Waals surface area (Å²) in [4.78, 5) is 38.7. The number of benzene rings is 3. The molecule has 7 rings (SSSR count). The molecule has 2 atom stereocenters. The number of unbranched alkanes of at least 4 members (excludes halogenated alkanes) is 2. The Kier molecular flexibility index (Phi) is 6.70. The van der Waals surface area contributed by atoms with Gasteiger partial charge in [-0.25, -0.2) is 0 Å². The van der Waals surface area contributed by atoms with Crippen LogP contribution in [0, 0.1) is 11.8 Å². The molecule has 10 heteroatoms. The number of nitrogens with zero attached hydrogens (tertiary/aromatic N) is 1. The topological polar surface area (TPSA) is 66.5 Å². The predicted molar refractivity (Wildman–Crippen MR) is 148 cm³/mol. The summed E-state index contributed by atoms with van der Waals surface area (Å²) in [5, 5.41) is 2.49. The molecule has 0 radical (unpaired) electrons. The van der Waals surface area contributed by atoms with Crippen LogP contribution in [-0.2, 0) is 30.3 Å². The molecule has 1 saturated heterocycles. The first-order valence-electron chi connectivity index (χ1n) is 13.4. The highest BCUT2D eigenvalue weighted by Gasteiger charge is 2.72. The first-order chi connectivity index (χ1) is 19.5. The van der Waals surface area contributed by atoms with Crippen LogP contribution < -0.4 is 5.32 Å². The first-order valence-corrected chi connectivity index (χ1v) is 14.1. The van der Waals surface area contributed by atoms with Crippen molar-refractivity contribution in [2.75, 3.05) is 11.9 Å². The Morgan fingerprint density at radius 3 is 1.78 bits per heavy atom. The van der Waals surface area contributed by atoms with Gasteiger partial charge in [0.15, 0.2) is 0 Å². The Bertz CT molecular complexity index is 1450. The second-order valence-electron chi connectivity index (χ2n) is 10.7. The zero-order valence-electron chi connectivity index (χ0n) is 21.7. The lowest BCUT2D eigenvalue weighted by Crippen LogP contribution is -2.57. The molecule has 3 amide bonds. The van der Waals surface area contributed by atoms with Crippen LogP contribution in [-0.4, -0.2) is 29.2 Å². The summed E-state index contributed by atoms with van der Waals surface area (Å²) < 4.78 is 38.8. The lowest BCUT2D eigenvalue weighted by molar-refractivity contribution is -0.140. The second-order valence-corrected chi connectivity index (χ2v) is 11.9. The molecule has 4 aliphatic rings. The number of hydrogen-bond acceptors (Lipinski definition) is 3. The number of nitrogens with one attached hydrogen (secondary N) is 1. The lowest BCUT2D eigenvalue weighted by Gasteiger charge is -2.54. The van der Waals surface area contributed by atoms with Crippen molar-refractivity contribution in [3.05, 3.63) is 101 Å². The second kappa shape index (κ2) is 9.88. The molecule has 212 valence electrons. The molecule has 3 aliphatic carbocycles. The third-order valence-electron chi connectivity index (χ3n) is 8.44. The van der Waals surface area contributed by atoms with E-state index >= 15 is 0 Å². The van der Waals surface area contributed by atoms with Crippen LogP contribution in [0.2, 0.25) is 0 Å². The maximum absolute atomic E-state index is 13.8. The Morgan fingerprint density at radius 1 is 0.780 bits per heavy atom. The van der Waals surface area contributed by atoms with Crippen LogP contribution >= 0.6 is 23.2 Å². The number of likely N-dealkylation sites (tertiary alicyclic amines) is 1. The number of rotatable bonds is 7. The minimum Gasteiger partial charge on any atom is -0.326 e. The summed E-state index contributed by atoms with van der Waals surface area (Å²) in [6, 6.07) is 19.3. The number of amides is 3. The number of carbonyl (C=O) groups is 3. The molecule has 0 saturated carbocycles. The molecule has 3 aromatic rings. The lowest BCUT2D eigenvalue weighted by atomic mass is 9.54. The Labute approximate surface area is 244 Å². The summed E-state index contributed by atoms with van der Waals surface area (Å²) in [6.07, 6.45) is -2.99. The predicted octanol–water partition coefficient (Wildman–Crippen LogP) is 6.80. The van der Waals surface area contributed by atoms with Crippen LogP contribution in [0.1, 0.15) is 53.5 Å². The Hall–Kier alpha value is -3.36. The molecular formula is C31H25Cl2F3N2O3. The molecule has 1 aliphatic heterocycles. The van der Waals surface area contributed by atoms with E-state index in [1.165, 1.54) is 17.0 Å². The van der Waals surface area contributed by atoms with Gasteiger partial charge in [0.25, 0.3) is 0 Å². The summed E-state index contributed by atoms with van der Waals surface area (Å²) in [7, 11) is 0. The highest BCUT2D eigenvalue weighted by Crippen LogP contribution is 2.69. The van der Waals surface area contributed by atoms with Gasteiger partial charge in [-0.2, -0.15) is 13.2 Å². The van der Waals surface area contributed by atoms with Crippen molar-refractivity contribution in [2.45, 2.75) is 41.6 Å². The SMILES string of the molecule is O=C(CCCCCN1C(=O)[C@@H]2[C@@H](C1=O)C1(Cl)c3ccccc3C2(Cl)c2ccccc21)Nc1cccc(C(F)(F)F)c1. The maximum Gasteiger partial charge on any atom is 0.416 e. The zero-order chi connectivity index (χ0) is 29.2. The van der Waals surface area contributed by atoms with E-state index in [4.69, 9.17) is 23.2 Å². The quantitative estimate of drug-likeness (QED) is 0.184. The number of alkyl halides is 5. The van der Waals surface area contributed by atoms with Crippen molar-refractivity contribution in [2.24, 2.45) is 11.8 Å². The summed E-state index contributed by atoms with van der Waals surface area (Å²) >= 11 is 14.8. The zero-order valence-corrected chi connectivity index (χ0v) is 23.2. The van der Waals surface area contributed by atoms with Gasteiger partial charge < -0.3 is 5.32 Å². The van der Waals surface area contributed by atoms with Gasteiger partial charge in [0.05, 0.1) is 17.4 Å². The minimum absolute atomic E-state index is 0.0716. The number of anilines is 1. The van der Waals surface area contributed by atoms with E-state index in [9.17, 15) is 27.6 Å². The van der Waals surface area contributed by atoms with Crippen molar-refractivity contribution in [1.29, 1.82) is 0 Å². The fourth-order valence-corrected chi connectivity index (χ4v) is 7.77. The standard InChI is InChI=1S/C31H25Cl2F3N2O3/c32-29-20-11-3-4-12-21(20)30(33,23-14-6-5-13-22(23)29)26-25(29)27(40)38(28(26)41)16-7-1-2-15-24(39)37-19-10-8-9-18(17-19)31(34,35)36/h3-6,8-14,17,25-26H,1-2,7,15-16H2,(H,37,39)/t25-,26-,29?,30?/m0/s1. The van der Waals surface area contributed by atoms with Gasteiger partial charge in [0, 0.05) is 18.7 Å². The normalized spacial score (nSPS) is 26.0. The molecular weight excluding hydrogens is 576 g/mol. The smallest absolute Gasteiger partial charge is 0.326 e. The number of halogens is 5. The third-order valence-corrected chi connectivity index (χ3v) is 9.72. The average Bonchev–Trinajstić information content (AvgIpc) is 3.21. The molecule has 0 aromatic heterocycles. The van der Waals surface area contributed by atoms with Gasteiger partial charge in [-0.1, -0.05) is 61.0 Å². The van der Waals surface area contributed by atoms with Gasteiger partial charge in [-0.05, 0) is 53.3 Å². The largest absolute Gasteiger partial charge is 0.416 e. The van der Waals surface area contributed by atoms with Gasteiger partial charge in [-0.15, -0.1) is 23.2 Å². The van der Waals surface area contributed by atoms with Crippen LogP contribution in [0.5, 0.6) is 0 Å². The highest BCUT2D eigenvalue weighted by molar-refractivity contribution is 6.36. The van der Waals surface area contributed by atoms with E-state index in [2.05, 4.69) is 5.32 Å². The first kappa shape index (κ1) is 27.8. The molecule has 1 N–H and O–H groups in total. The van der Waals surface area contributed by atoms with Crippen LogP contribution in [0.3, 0.4) is 0 Å². The highest BCUT2D eigenvalue weighted by atomic mass is 35.5. The van der Waals surface area contributed by atoms with Crippen LogP contribution in [0.4, 0.5) is 18.9 Å². The summed E-state index contributed by atoms with van der Waals surface area (Å²) in [5.74, 6) is -2.82. The van der Waals surface area contributed by atoms with E-state index in [0.29, 0.717) is 19.3 Å². The van der Waals surface area contributed by atoms with Crippen molar-refractivity contribution < 1.29 is 27.6 Å². The van der Waals surface area contributed by atoms with Crippen molar-refractivity contribution in [3.63, 3.8) is 0 Å². The number of carbonyl (C=O) groups excluding carboxylic acids is 3. The monoisotopic (exact) mass is 600 g/mol. The van der Waals surface area contributed by atoms with Gasteiger partial charge >= 0.3 is 6.18 Å². The van der Waals surface area contributed by atoms with E-state index in [0.717, 1.165) is 34.4 Å². The maximum atomic E-state index is 13.8. The minimum atomic E-state index is -4.50. The summed E-state index contributed by atoms with van der Waals surface area (Å²) in [5.41, 5.74) is 2.20. The molecule has 41 heavy (non-hydrogen) atoms. The number of hydrogen-bond donors (Lipinski definition) is 1. The molecule has 5 nitrogen and oxygen atoms in total. The third kappa shape index (κ3) is 4.17. The Morgan fingerprint density at radius 2 is 1.29 bits per heavy atom. The molecule has 1 heterocycles. The summed E-state index contributed by atoms with van der Waals surface area (Å²) in [6.45, 7) is 0.159. The van der Waals surface area contributed by atoms with Crippen LogP contribution in [0.25, 0.3) is 0 Å². The molecule has 2 bridgehead atoms. The number of imide groups is 1. The van der Waals surface area contributed by atoms with Gasteiger partial charge in [0.1, 0.15) is 9.75 Å². The Balaban J connectivity index is 1.12. The molecule has 1 fully saturated rings. The molecule has 0 spiro atoms. The van der Waals surface area contributed by atoms with Gasteiger partial charge in [0.2, 0.25) is 17.7 Å². The van der Waals surface area contributed by atoms with E-state index in [1.54, 1.807) is 0 Å². The van der Waals surface area contributed by atoms with E-state index in [-0.39, 0.29) is 30.5 Å². The fourth-order valence-electron chi connectivity index (χ4n) is 6.67.